The van der Waals surface area contributed by atoms with Crippen molar-refractivity contribution in [1.82, 2.24) is 0 Å². The van der Waals surface area contributed by atoms with Crippen molar-refractivity contribution in [3.05, 3.63) is 0 Å². The number of carbonyl (C=O) groups is 1. The van der Waals surface area contributed by atoms with E-state index in [0.29, 0.717) is 12.5 Å². The Labute approximate surface area is 83.6 Å². The van der Waals surface area contributed by atoms with Gasteiger partial charge in [-0.2, -0.15) is 0 Å². The van der Waals surface area contributed by atoms with Crippen molar-refractivity contribution in [3.63, 3.8) is 0 Å². The van der Waals surface area contributed by atoms with Crippen LogP contribution in [0.4, 0.5) is 0 Å². The minimum Gasteiger partial charge on any atom is -0.381 e. The fourth-order valence-corrected chi connectivity index (χ4v) is 1.43. The molecule has 0 aliphatic rings. The normalized spacial score (nSPS) is 12.1. The van der Waals surface area contributed by atoms with E-state index < -0.39 is 19.5 Å². The van der Waals surface area contributed by atoms with E-state index in [-0.39, 0.29) is 13.0 Å². The van der Waals surface area contributed by atoms with Crippen molar-refractivity contribution in [1.29, 1.82) is 0 Å². The van der Waals surface area contributed by atoms with Gasteiger partial charge in [0.15, 0.2) is 0 Å². The highest BCUT2D eigenvalue weighted by Gasteiger charge is 2.18. The second-order valence-electron chi connectivity index (χ2n) is 3.58. The summed E-state index contributed by atoms with van der Waals surface area (Å²) >= 11 is 0. The van der Waals surface area contributed by atoms with Crippen LogP contribution < -0.4 is 0 Å². The molecule has 2 N–H and O–H groups in total. The van der Waals surface area contributed by atoms with Gasteiger partial charge in [-0.1, -0.05) is 13.8 Å². The van der Waals surface area contributed by atoms with Crippen molar-refractivity contribution in [2.75, 3.05) is 19.4 Å². The molecule has 0 aromatic rings. The molecule has 6 heteroatoms. The maximum absolute atomic E-state index is 10.9. The molecule has 0 saturated heterocycles. The molecule has 0 rings (SSSR count). The Bertz CT molecular complexity index is 220. The van der Waals surface area contributed by atoms with Gasteiger partial charge in [-0.25, -0.2) is 0 Å². The number of hydrogen-bond donors (Lipinski definition) is 2. The van der Waals surface area contributed by atoms with E-state index in [4.69, 9.17) is 14.5 Å². The van der Waals surface area contributed by atoms with Gasteiger partial charge in [-0.15, -0.1) is 0 Å². The molecule has 0 heterocycles. The first kappa shape index (κ1) is 13.8. The smallest absolute Gasteiger partial charge is 0.332 e. The Balaban J connectivity index is 3.51. The fourth-order valence-electron chi connectivity index (χ4n) is 0.814. The number of hydrogen-bond acceptors (Lipinski definition) is 3. The molecule has 0 spiro atoms. The topological polar surface area (TPSA) is 83.8 Å². The van der Waals surface area contributed by atoms with Gasteiger partial charge in [0, 0.05) is 13.0 Å². The number of rotatable bonds is 7. The third-order valence-electron chi connectivity index (χ3n) is 1.36. The highest BCUT2D eigenvalue weighted by Crippen LogP contribution is 2.34. The Hall–Kier alpha value is -0.220. The SMILES string of the molecule is CC(C)COCCC(=O)CP(=O)(O)O. The maximum Gasteiger partial charge on any atom is 0.332 e. The standard InChI is InChI=1S/C8H17O5P/c1-7(2)5-13-4-3-8(9)6-14(10,11)12/h7H,3-6H2,1-2H3,(H2,10,11,12). The quantitative estimate of drug-likeness (QED) is 0.493. The third-order valence-corrected chi connectivity index (χ3v) is 2.12. The Morgan fingerprint density at radius 1 is 1.43 bits per heavy atom. The lowest BCUT2D eigenvalue weighted by Gasteiger charge is -2.06. The van der Waals surface area contributed by atoms with Crippen molar-refractivity contribution in [2.45, 2.75) is 20.3 Å². The first-order valence-electron chi connectivity index (χ1n) is 4.45. The van der Waals surface area contributed by atoms with Gasteiger partial charge < -0.3 is 14.5 Å². The van der Waals surface area contributed by atoms with Gasteiger partial charge in [0.1, 0.15) is 11.9 Å². The van der Waals surface area contributed by atoms with E-state index in [1.165, 1.54) is 0 Å². The molecule has 0 aliphatic carbocycles. The summed E-state index contributed by atoms with van der Waals surface area (Å²) in [7, 11) is -4.19. The number of ether oxygens (including phenoxy) is 1. The predicted octanol–water partition coefficient (Wildman–Crippen LogP) is 0.796. The van der Waals surface area contributed by atoms with E-state index in [0.717, 1.165) is 0 Å². The lowest BCUT2D eigenvalue weighted by Crippen LogP contribution is -2.11. The highest BCUT2D eigenvalue weighted by atomic mass is 31.2. The lowest BCUT2D eigenvalue weighted by molar-refractivity contribution is -0.118. The molecular formula is C8H17O5P. The summed E-state index contributed by atoms with van der Waals surface area (Å²) in [4.78, 5) is 27.9. The summed E-state index contributed by atoms with van der Waals surface area (Å²) in [6.07, 6.45) is -0.615. The minimum atomic E-state index is -4.19. The maximum atomic E-state index is 10.9. The summed E-state index contributed by atoms with van der Waals surface area (Å²) < 4.78 is 15.5. The molecule has 0 aromatic heterocycles. The van der Waals surface area contributed by atoms with Crippen LogP contribution in [0.15, 0.2) is 0 Å². The van der Waals surface area contributed by atoms with Crippen molar-refractivity contribution < 1.29 is 23.9 Å². The molecule has 0 aliphatic heterocycles. The van der Waals surface area contributed by atoms with Crippen LogP contribution in [0.1, 0.15) is 20.3 Å². The molecule has 0 amide bonds. The molecule has 14 heavy (non-hydrogen) atoms. The molecule has 0 bridgehead atoms. The summed E-state index contributed by atoms with van der Waals surface area (Å²) in [5.41, 5.74) is 0. The second-order valence-corrected chi connectivity index (χ2v) is 5.23. The van der Waals surface area contributed by atoms with Gasteiger partial charge in [0.25, 0.3) is 0 Å². The van der Waals surface area contributed by atoms with Gasteiger partial charge in [-0.3, -0.25) is 9.36 Å². The number of Topliss-reactive ketones (excluding diaryl/α,β-unsaturated/α-hetero) is 1. The zero-order chi connectivity index (χ0) is 11.2. The summed E-state index contributed by atoms with van der Waals surface area (Å²) in [5, 5.41) is 0. The zero-order valence-corrected chi connectivity index (χ0v) is 9.37. The van der Waals surface area contributed by atoms with Crippen LogP contribution in [0.3, 0.4) is 0 Å². The van der Waals surface area contributed by atoms with E-state index in [9.17, 15) is 9.36 Å². The van der Waals surface area contributed by atoms with Crippen molar-refractivity contribution >= 4 is 13.4 Å². The van der Waals surface area contributed by atoms with Gasteiger partial charge in [0.05, 0.1) is 6.61 Å². The lowest BCUT2D eigenvalue weighted by atomic mass is 10.2. The van der Waals surface area contributed by atoms with Crippen molar-refractivity contribution in [2.24, 2.45) is 5.92 Å². The fraction of sp³-hybridized carbons (Fsp3) is 0.875. The Morgan fingerprint density at radius 3 is 2.43 bits per heavy atom. The van der Waals surface area contributed by atoms with E-state index in [1.807, 2.05) is 13.8 Å². The van der Waals surface area contributed by atoms with Crippen LogP contribution in [0, 0.1) is 5.92 Å². The average Bonchev–Trinajstić information content (AvgIpc) is 1.94. The largest absolute Gasteiger partial charge is 0.381 e. The Morgan fingerprint density at radius 2 is 2.00 bits per heavy atom. The third kappa shape index (κ3) is 9.86. The first-order chi connectivity index (χ1) is 6.31. The number of ketones is 1. The van der Waals surface area contributed by atoms with Crippen LogP contribution in [0.25, 0.3) is 0 Å². The molecule has 0 unspecified atom stereocenters. The van der Waals surface area contributed by atoms with Gasteiger partial charge in [0.2, 0.25) is 0 Å². The van der Waals surface area contributed by atoms with Gasteiger partial charge in [-0.05, 0) is 5.92 Å². The minimum absolute atomic E-state index is 0.0673. The first-order valence-corrected chi connectivity index (χ1v) is 6.25. The molecule has 0 fully saturated rings. The van der Waals surface area contributed by atoms with Crippen LogP contribution in [-0.4, -0.2) is 34.9 Å². The molecule has 0 radical (unpaired) electrons. The van der Waals surface area contributed by atoms with E-state index in [1.54, 1.807) is 0 Å². The molecule has 5 nitrogen and oxygen atoms in total. The summed E-state index contributed by atoms with van der Waals surface area (Å²) in [5.74, 6) is -0.0611. The van der Waals surface area contributed by atoms with E-state index in [2.05, 4.69) is 0 Å². The van der Waals surface area contributed by atoms with E-state index >= 15 is 0 Å². The summed E-state index contributed by atoms with van der Waals surface area (Å²) in [6.45, 7) is 4.76. The summed E-state index contributed by atoms with van der Waals surface area (Å²) in [6, 6.07) is 0. The zero-order valence-electron chi connectivity index (χ0n) is 8.47. The molecule has 84 valence electrons. The molecule has 0 aromatic carbocycles. The van der Waals surface area contributed by atoms with Gasteiger partial charge >= 0.3 is 7.60 Å². The molecular weight excluding hydrogens is 207 g/mol. The average molecular weight is 224 g/mol. The van der Waals surface area contributed by atoms with Crippen molar-refractivity contribution in [3.8, 4) is 0 Å². The van der Waals surface area contributed by atoms with Crippen LogP contribution >= 0.6 is 7.60 Å². The number of carbonyl (C=O) groups excluding carboxylic acids is 1. The predicted molar refractivity (Wildman–Crippen MR) is 52.2 cm³/mol. The molecule has 0 atom stereocenters. The monoisotopic (exact) mass is 224 g/mol. The Kier molecular flexibility index (Phi) is 6.20. The van der Waals surface area contributed by atoms with Crippen LogP contribution in [0.2, 0.25) is 0 Å². The second kappa shape index (κ2) is 6.30. The molecule has 0 saturated carbocycles. The highest BCUT2D eigenvalue weighted by molar-refractivity contribution is 7.52. The van der Waals surface area contributed by atoms with Crippen LogP contribution in [-0.2, 0) is 14.1 Å². The van der Waals surface area contributed by atoms with Crippen LogP contribution in [0.5, 0.6) is 0 Å².